The number of hydrogen-bond acceptors (Lipinski definition) is 4. The van der Waals surface area contributed by atoms with E-state index in [1.807, 2.05) is 0 Å². The Morgan fingerprint density at radius 1 is 1.71 bits per heavy atom. The summed E-state index contributed by atoms with van der Waals surface area (Å²) in [6.07, 6.45) is 0. The van der Waals surface area contributed by atoms with Gasteiger partial charge in [-0.3, -0.25) is 4.21 Å². The first-order valence-electron chi connectivity index (χ1n) is 3.32. The summed E-state index contributed by atoms with van der Waals surface area (Å²) in [5, 5.41) is 0. The predicted molar refractivity (Wildman–Crippen MR) is 42.8 cm³/mol. The van der Waals surface area contributed by atoms with Crippen LogP contribution in [-0.2, 0) is 20.8 Å². The molecule has 14 heavy (non-hydrogen) atoms. The Kier molecular flexibility index (Phi) is 4.81. The molecule has 0 saturated carbocycles. The molecular weight excluding hydrogens is 220 g/mol. The predicted octanol–water partition coefficient (Wildman–Crippen LogP) is 0.0822. The molecule has 0 aliphatic carbocycles. The molecule has 0 spiro atoms. The Morgan fingerprint density at radius 3 is 2.57 bits per heavy atom. The van der Waals surface area contributed by atoms with Crippen molar-refractivity contribution in [1.29, 1.82) is 0 Å². The van der Waals surface area contributed by atoms with E-state index in [0.29, 0.717) is 0 Å². The van der Waals surface area contributed by atoms with Crippen LogP contribution in [0.25, 0.3) is 0 Å². The fourth-order valence-corrected chi connectivity index (χ4v) is 0.734. The number of carbonyl (C=O) groups excluding carboxylic acids is 1. The molecule has 0 aromatic heterocycles. The fraction of sp³-hybridized carbons (Fsp3) is 0.500. The van der Waals surface area contributed by atoms with E-state index >= 15 is 0 Å². The van der Waals surface area contributed by atoms with Crippen LogP contribution < -0.4 is 4.72 Å². The van der Waals surface area contributed by atoms with Gasteiger partial charge in [-0.25, -0.2) is 4.79 Å². The van der Waals surface area contributed by atoms with Crippen molar-refractivity contribution >= 4 is 17.2 Å². The molecule has 0 amide bonds. The molecular formula is C6H8F2NO4S-. The van der Waals surface area contributed by atoms with E-state index in [9.17, 15) is 22.3 Å². The van der Waals surface area contributed by atoms with Crippen LogP contribution in [0.4, 0.5) is 8.78 Å². The van der Waals surface area contributed by atoms with Crippen molar-refractivity contribution in [3.05, 3.63) is 12.2 Å². The van der Waals surface area contributed by atoms with E-state index in [-0.39, 0.29) is 5.57 Å². The summed E-state index contributed by atoms with van der Waals surface area (Å²) in [6.45, 7) is 3.06. The second-order valence-electron chi connectivity index (χ2n) is 2.40. The maximum absolute atomic E-state index is 12.5. The van der Waals surface area contributed by atoms with Crippen LogP contribution in [0.15, 0.2) is 12.2 Å². The highest BCUT2D eigenvalue weighted by Gasteiger charge is 2.30. The Labute approximate surface area is 81.5 Å². The Morgan fingerprint density at radius 2 is 2.21 bits per heavy atom. The Bertz CT molecular complexity index is 269. The smallest absolute Gasteiger partial charge is 0.345 e. The molecule has 0 bridgehead atoms. The van der Waals surface area contributed by atoms with Crippen LogP contribution in [-0.4, -0.2) is 27.4 Å². The summed E-state index contributed by atoms with van der Waals surface area (Å²) in [6, 6.07) is -3.81. The number of halogens is 2. The van der Waals surface area contributed by atoms with Crippen LogP contribution in [0.2, 0.25) is 0 Å². The molecule has 0 aliphatic rings. The average Bonchev–Trinajstić information content (AvgIpc) is 1.97. The third-order valence-corrected chi connectivity index (χ3v) is 1.43. The number of carbonyl (C=O) groups is 1. The van der Waals surface area contributed by atoms with Crippen molar-refractivity contribution in [3.63, 3.8) is 0 Å². The molecule has 1 unspecified atom stereocenters. The van der Waals surface area contributed by atoms with Crippen molar-refractivity contribution in [1.82, 2.24) is 4.72 Å². The van der Waals surface area contributed by atoms with E-state index in [0.717, 1.165) is 4.72 Å². The number of hydrogen-bond donors (Lipinski definition) is 1. The van der Waals surface area contributed by atoms with Crippen molar-refractivity contribution in [2.75, 3.05) is 6.61 Å². The maximum atomic E-state index is 12.5. The zero-order valence-corrected chi connectivity index (χ0v) is 8.03. The van der Waals surface area contributed by atoms with E-state index in [2.05, 4.69) is 11.3 Å². The van der Waals surface area contributed by atoms with Crippen LogP contribution in [0.1, 0.15) is 6.92 Å². The van der Waals surface area contributed by atoms with Gasteiger partial charge in [-0.05, 0) is 6.92 Å². The van der Waals surface area contributed by atoms with E-state index < -0.39 is 29.9 Å². The van der Waals surface area contributed by atoms with Gasteiger partial charge in [0.15, 0.2) is 6.61 Å². The molecule has 1 atom stereocenters. The molecule has 0 aromatic carbocycles. The van der Waals surface area contributed by atoms with Crippen molar-refractivity contribution in [3.8, 4) is 0 Å². The SMILES string of the molecule is C=C(C)C(=O)OCC(F)(F)NS(=O)[O-]. The van der Waals surface area contributed by atoms with Crippen LogP contribution in [0.5, 0.6) is 0 Å². The van der Waals surface area contributed by atoms with Gasteiger partial charge >= 0.3 is 12.0 Å². The molecule has 0 aliphatic heterocycles. The van der Waals surface area contributed by atoms with Gasteiger partial charge in [0.05, 0.1) is 0 Å². The normalized spacial score (nSPS) is 13.4. The summed E-state index contributed by atoms with van der Waals surface area (Å²) >= 11 is -3.12. The standard InChI is InChI=1S/C6H9F2NO4S/c1-4(2)5(10)13-3-6(7,8)9-14(11)12/h9H,1,3H2,2H3,(H,11,12)/p-1. The highest BCUT2D eigenvalue weighted by atomic mass is 32.2. The zero-order valence-electron chi connectivity index (χ0n) is 7.21. The highest BCUT2D eigenvalue weighted by molar-refractivity contribution is 7.77. The molecule has 0 heterocycles. The van der Waals surface area contributed by atoms with Crippen LogP contribution in [0, 0.1) is 0 Å². The third kappa shape index (κ3) is 5.73. The lowest BCUT2D eigenvalue weighted by molar-refractivity contribution is -0.151. The molecule has 0 radical (unpaired) electrons. The summed E-state index contributed by atoms with van der Waals surface area (Å²) in [5.41, 5.74) is -0.0518. The lowest BCUT2D eigenvalue weighted by Crippen LogP contribution is -2.42. The minimum Gasteiger partial charge on any atom is -0.760 e. The van der Waals surface area contributed by atoms with Gasteiger partial charge in [0.1, 0.15) is 0 Å². The van der Waals surface area contributed by atoms with E-state index in [4.69, 9.17) is 0 Å². The van der Waals surface area contributed by atoms with E-state index in [1.165, 1.54) is 6.92 Å². The first kappa shape index (κ1) is 13.1. The molecule has 0 fully saturated rings. The zero-order chi connectivity index (χ0) is 11.4. The quantitative estimate of drug-likeness (QED) is 0.313. The average molecular weight is 228 g/mol. The molecule has 8 heteroatoms. The van der Waals surface area contributed by atoms with Gasteiger partial charge in [0.25, 0.3) is 0 Å². The van der Waals surface area contributed by atoms with Gasteiger partial charge in [0, 0.05) is 16.8 Å². The van der Waals surface area contributed by atoms with Crippen molar-refractivity contribution < 1.29 is 27.1 Å². The second-order valence-corrected chi connectivity index (χ2v) is 3.07. The van der Waals surface area contributed by atoms with Crippen LogP contribution >= 0.6 is 0 Å². The number of alkyl halides is 2. The molecule has 1 N–H and O–H groups in total. The van der Waals surface area contributed by atoms with Gasteiger partial charge < -0.3 is 9.29 Å². The summed E-state index contributed by atoms with van der Waals surface area (Å²) < 4.78 is 49.6. The van der Waals surface area contributed by atoms with Crippen LogP contribution in [0.3, 0.4) is 0 Å². The molecule has 0 saturated heterocycles. The number of nitrogens with one attached hydrogen (secondary N) is 1. The number of esters is 1. The van der Waals surface area contributed by atoms with Gasteiger partial charge in [0.2, 0.25) is 0 Å². The Hall–Kier alpha value is -0.860. The summed E-state index contributed by atoms with van der Waals surface area (Å²) in [5.74, 6) is -1.01. The summed E-state index contributed by atoms with van der Waals surface area (Å²) in [4.78, 5) is 10.6. The van der Waals surface area contributed by atoms with Crippen molar-refractivity contribution in [2.45, 2.75) is 13.0 Å². The summed E-state index contributed by atoms with van der Waals surface area (Å²) in [7, 11) is 0. The molecule has 82 valence electrons. The first-order chi connectivity index (χ1) is 6.24. The fourth-order valence-electron chi connectivity index (χ4n) is 0.431. The minimum atomic E-state index is -3.81. The van der Waals surface area contributed by atoms with Gasteiger partial charge in [-0.2, -0.15) is 13.5 Å². The topological polar surface area (TPSA) is 78.5 Å². The molecule has 5 nitrogen and oxygen atoms in total. The third-order valence-electron chi connectivity index (χ3n) is 0.966. The molecule has 0 aromatic rings. The monoisotopic (exact) mass is 228 g/mol. The lowest BCUT2D eigenvalue weighted by atomic mass is 10.4. The maximum Gasteiger partial charge on any atom is 0.345 e. The van der Waals surface area contributed by atoms with Gasteiger partial charge in [-0.1, -0.05) is 6.58 Å². The molecule has 0 rings (SSSR count). The van der Waals surface area contributed by atoms with E-state index in [1.54, 1.807) is 0 Å². The highest BCUT2D eigenvalue weighted by Crippen LogP contribution is 2.10. The largest absolute Gasteiger partial charge is 0.760 e. The van der Waals surface area contributed by atoms with Crippen molar-refractivity contribution in [2.24, 2.45) is 0 Å². The number of rotatable bonds is 5. The first-order valence-corrected chi connectivity index (χ1v) is 4.39. The van der Waals surface area contributed by atoms with Gasteiger partial charge in [-0.15, -0.1) is 0 Å². The minimum absolute atomic E-state index is 0.0518. The Balaban J connectivity index is 4.05. The second kappa shape index (κ2) is 5.13. The lowest BCUT2D eigenvalue weighted by Gasteiger charge is -2.18. The number of ether oxygens (including phenoxy) is 1.